The first kappa shape index (κ1) is 25.8. The van der Waals surface area contributed by atoms with Crippen molar-refractivity contribution in [3.8, 4) is 0 Å². The van der Waals surface area contributed by atoms with Crippen molar-refractivity contribution < 1.29 is 39.5 Å². The molecule has 0 N–H and O–H groups in total. The van der Waals surface area contributed by atoms with Crippen LogP contribution in [0, 0.1) is 0 Å². The second kappa shape index (κ2) is 10.4. The normalized spacial score (nSPS) is 14.8. The summed E-state index contributed by atoms with van der Waals surface area (Å²) in [6, 6.07) is 0. The van der Waals surface area contributed by atoms with Crippen molar-refractivity contribution in [3.05, 3.63) is 9.66 Å². The fraction of sp³-hybridized carbons (Fsp3) is 0.875. The first-order valence-corrected chi connectivity index (χ1v) is 9.36. The molecular weight excluding hydrogens is 490 g/mol. The summed E-state index contributed by atoms with van der Waals surface area (Å²) in [5.74, 6) is -19.0. The molecule has 0 aromatic heterocycles. The summed E-state index contributed by atoms with van der Waals surface area (Å²) in [5.41, 5.74) is 0. The Hall–Kier alpha value is -0.160. The zero-order valence-corrected chi connectivity index (χ0v) is 16.4. The third-order valence-corrected chi connectivity index (χ3v) is 4.63. The van der Waals surface area contributed by atoms with Crippen LogP contribution in [0.2, 0.25) is 0 Å². The van der Waals surface area contributed by atoms with Gasteiger partial charge in [0.1, 0.15) is 0 Å². The van der Waals surface area contributed by atoms with Gasteiger partial charge < -0.3 is 0 Å². The van der Waals surface area contributed by atoms with Gasteiger partial charge in [-0.3, -0.25) is 0 Å². The molecule has 0 aliphatic rings. The average Bonchev–Trinajstić information content (AvgIpc) is 2.48. The maximum absolute atomic E-state index is 13.4. The van der Waals surface area contributed by atoms with Crippen molar-refractivity contribution in [2.45, 2.75) is 88.7 Å². The fourth-order valence-electron chi connectivity index (χ4n) is 2.17. The highest BCUT2D eigenvalue weighted by Crippen LogP contribution is 2.53. The predicted molar refractivity (Wildman–Crippen MR) is 90.2 cm³/mol. The van der Waals surface area contributed by atoms with Gasteiger partial charge in [-0.25, -0.2) is 0 Å². The van der Waals surface area contributed by atoms with Crippen LogP contribution in [0.25, 0.3) is 0 Å². The average molecular weight is 512 g/mol. The van der Waals surface area contributed by atoms with Crippen molar-refractivity contribution in [1.29, 1.82) is 0 Å². The Morgan fingerprint density at radius 2 is 1.12 bits per heavy atom. The number of hydrogen-bond acceptors (Lipinski definition) is 0. The van der Waals surface area contributed by atoms with Gasteiger partial charge in [0.2, 0.25) is 0 Å². The van der Waals surface area contributed by atoms with Gasteiger partial charge in [0.05, 0.1) is 0 Å². The number of allylic oxidation sites excluding steroid dienone is 2. The summed E-state index contributed by atoms with van der Waals surface area (Å²) in [5, 5.41) is 0. The van der Waals surface area contributed by atoms with Crippen LogP contribution in [0.15, 0.2) is 9.66 Å². The molecule has 0 spiro atoms. The van der Waals surface area contributed by atoms with Crippen molar-refractivity contribution in [1.82, 2.24) is 0 Å². The van der Waals surface area contributed by atoms with Gasteiger partial charge in [0.25, 0.3) is 0 Å². The van der Waals surface area contributed by atoms with Crippen LogP contribution in [0.3, 0.4) is 0 Å². The van der Waals surface area contributed by atoms with Gasteiger partial charge in [-0.2, -0.15) is 39.5 Å². The van der Waals surface area contributed by atoms with E-state index in [0.29, 0.717) is 12.8 Å². The largest absolute Gasteiger partial charge is 0.460 e. The molecule has 0 saturated carbocycles. The standard InChI is InChI=1S/C16H22F9I/c1-2-3-4-5-6-7-8-9-10-12(26)11-13(17,18)14(19,20)15(21,22)16(23,24)25/h11H,2-10H2,1H3. The van der Waals surface area contributed by atoms with Crippen LogP contribution in [0.1, 0.15) is 64.7 Å². The van der Waals surface area contributed by atoms with E-state index in [9.17, 15) is 39.5 Å². The molecule has 0 amide bonds. The number of alkyl halides is 9. The molecule has 0 bridgehead atoms. The number of hydrogen-bond donors (Lipinski definition) is 0. The van der Waals surface area contributed by atoms with E-state index in [1.807, 2.05) is 0 Å². The Morgan fingerprint density at radius 1 is 0.692 bits per heavy atom. The van der Waals surface area contributed by atoms with Crippen molar-refractivity contribution in [2.24, 2.45) is 0 Å². The third kappa shape index (κ3) is 7.10. The van der Waals surface area contributed by atoms with Crippen LogP contribution in [0.5, 0.6) is 0 Å². The van der Waals surface area contributed by atoms with Gasteiger partial charge in [0, 0.05) is 6.08 Å². The minimum absolute atomic E-state index is 0.0845. The van der Waals surface area contributed by atoms with E-state index in [1.165, 1.54) is 22.6 Å². The molecule has 0 aliphatic heterocycles. The second-order valence-electron chi connectivity index (χ2n) is 6.09. The molecule has 156 valence electrons. The minimum Gasteiger partial charge on any atom is -0.195 e. The topological polar surface area (TPSA) is 0 Å². The quantitative estimate of drug-likeness (QED) is 0.140. The van der Waals surface area contributed by atoms with Crippen LogP contribution >= 0.6 is 22.6 Å². The molecule has 0 saturated heterocycles. The highest BCUT2D eigenvalue weighted by atomic mass is 127. The highest BCUT2D eigenvalue weighted by molar-refractivity contribution is 14.1. The molecule has 10 heteroatoms. The van der Waals surface area contributed by atoms with Crippen LogP contribution in [0.4, 0.5) is 39.5 Å². The molecule has 0 atom stereocenters. The van der Waals surface area contributed by atoms with Gasteiger partial charge in [-0.15, -0.1) is 0 Å². The van der Waals surface area contributed by atoms with Crippen LogP contribution < -0.4 is 0 Å². The SMILES string of the molecule is CCCCCCCCCCC(I)=CC(F)(F)C(F)(F)C(F)(F)C(F)(F)F. The minimum atomic E-state index is -6.84. The van der Waals surface area contributed by atoms with Crippen LogP contribution in [-0.2, 0) is 0 Å². The molecule has 0 nitrogen and oxygen atoms in total. The van der Waals surface area contributed by atoms with Gasteiger partial charge in [-0.05, 0) is 39.0 Å². The van der Waals surface area contributed by atoms with Gasteiger partial charge >= 0.3 is 23.9 Å². The Morgan fingerprint density at radius 3 is 1.54 bits per heavy atom. The lowest BCUT2D eigenvalue weighted by Crippen LogP contribution is -2.60. The lowest BCUT2D eigenvalue weighted by atomic mass is 10.0. The Labute approximate surface area is 160 Å². The predicted octanol–water partition coefficient (Wildman–Crippen LogP) is 8.30. The molecule has 0 unspecified atom stereocenters. The van der Waals surface area contributed by atoms with Crippen LogP contribution in [-0.4, -0.2) is 23.9 Å². The van der Waals surface area contributed by atoms with E-state index in [1.54, 1.807) is 0 Å². The first-order chi connectivity index (χ1) is 11.7. The molecular formula is C16H22F9I. The van der Waals surface area contributed by atoms with E-state index in [0.717, 1.165) is 38.5 Å². The lowest BCUT2D eigenvalue weighted by Gasteiger charge is -2.32. The Balaban J connectivity index is 4.65. The van der Waals surface area contributed by atoms with E-state index in [-0.39, 0.29) is 10.0 Å². The van der Waals surface area contributed by atoms with Gasteiger partial charge in [0.15, 0.2) is 0 Å². The summed E-state index contributed by atoms with van der Waals surface area (Å²) in [6.45, 7) is 2.07. The molecule has 0 aromatic rings. The van der Waals surface area contributed by atoms with E-state index in [2.05, 4.69) is 6.92 Å². The molecule has 0 rings (SSSR count). The smallest absolute Gasteiger partial charge is 0.195 e. The zero-order chi connectivity index (χ0) is 20.6. The molecule has 0 radical (unpaired) electrons. The van der Waals surface area contributed by atoms with Crippen molar-refractivity contribution >= 4 is 22.6 Å². The summed E-state index contributed by atoms with van der Waals surface area (Å²) in [4.78, 5) is 0. The molecule has 0 aromatic carbocycles. The Kier molecular flexibility index (Phi) is 10.3. The van der Waals surface area contributed by atoms with Crippen molar-refractivity contribution in [2.75, 3.05) is 0 Å². The molecule has 26 heavy (non-hydrogen) atoms. The monoisotopic (exact) mass is 512 g/mol. The first-order valence-electron chi connectivity index (χ1n) is 8.28. The van der Waals surface area contributed by atoms with Crippen molar-refractivity contribution in [3.63, 3.8) is 0 Å². The summed E-state index contributed by atoms with van der Waals surface area (Å²) < 4.78 is 114. The van der Waals surface area contributed by atoms with E-state index >= 15 is 0 Å². The van der Waals surface area contributed by atoms with E-state index in [4.69, 9.17) is 0 Å². The maximum Gasteiger partial charge on any atom is 0.460 e. The highest BCUT2D eigenvalue weighted by Gasteiger charge is 2.81. The Bertz CT molecular complexity index is 441. The molecule has 0 fully saturated rings. The fourth-order valence-corrected chi connectivity index (χ4v) is 2.95. The number of rotatable bonds is 12. The third-order valence-electron chi connectivity index (χ3n) is 3.78. The number of halogens is 10. The van der Waals surface area contributed by atoms with E-state index < -0.39 is 30.0 Å². The second-order valence-corrected chi connectivity index (χ2v) is 7.47. The summed E-state index contributed by atoms with van der Waals surface area (Å²) in [6.07, 6.45) is -0.294. The maximum atomic E-state index is 13.4. The summed E-state index contributed by atoms with van der Waals surface area (Å²) >= 11 is 1.26. The zero-order valence-electron chi connectivity index (χ0n) is 14.2. The summed E-state index contributed by atoms with van der Waals surface area (Å²) in [7, 11) is 0. The lowest BCUT2D eigenvalue weighted by molar-refractivity contribution is -0.388. The molecule has 0 heterocycles. The molecule has 0 aliphatic carbocycles. The van der Waals surface area contributed by atoms with Gasteiger partial charge in [-0.1, -0.05) is 51.9 Å². The number of unbranched alkanes of at least 4 members (excludes halogenated alkanes) is 7.